The van der Waals surface area contributed by atoms with E-state index in [9.17, 15) is 0 Å². The molecule has 1 unspecified atom stereocenters. The van der Waals surface area contributed by atoms with Gasteiger partial charge in [0, 0.05) is 37.6 Å². The van der Waals surface area contributed by atoms with Crippen LogP contribution in [0.3, 0.4) is 0 Å². The minimum atomic E-state index is 0.457. The van der Waals surface area contributed by atoms with Crippen LogP contribution >= 0.6 is 0 Å². The number of piperazine rings is 1. The van der Waals surface area contributed by atoms with Gasteiger partial charge in [-0.3, -0.25) is 4.90 Å². The SMILES string of the molecule is C=C1C=CN2CCN(C(C)c3ccccc3C)CC2=C1. The van der Waals surface area contributed by atoms with E-state index in [2.05, 4.69) is 72.8 Å². The lowest BCUT2D eigenvalue weighted by atomic mass is 10.00. The number of rotatable bonds is 2. The Labute approximate surface area is 121 Å². The molecule has 1 fully saturated rings. The van der Waals surface area contributed by atoms with Crippen LogP contribution in [-0.2, 0) is 0 Å². The summed E-state index contributed by atoms with van der Waals surface area (Å²) in [4.78, 5) is 4.90. The Hall–Kier alpha value is -1.80. The summed E-state index contributed by atoms with van der Waals surface area (Å²) in [5, 5.41) is 0. The summed E-state index contributed by atoms with van der Waals surface area (Å²) >= 11 is 0. The Morgan fingerprint density at radius 1 is 1.20 bits per heavy atom. The minimum absolute atomic E-state index is 0.457. The first-order valence-corrected chi connectivity index (χ1v) is 7.29. The average Bonchev–Trinajstić information content (AvgIpc) is 2.46. The van der Waals surface area contributed by atoms with Gasteiger partial charge in [-0.15, -0.1) is 0 Å². The molecule has 2 aliphatic rings. The highest BCUT2D eigenvalue weighted by atomic mass is 15.3. The first kappa shape index (κ1) is 13.2. The molecule has 1 atom stereocenters. The second-order valence-electron chi connectivity index (χ2n) is 5.72. The lowest BCUT2D eigenvalue weighted by Gasteiger charge is -2.41. The van der Waals surface area contributed by atoms with Crippen LogP contribution in [0.4, 0.5) is 0 Å². The van der Waals surface area contributed by atoms with Crippen LogP contribution in [0.1, 0.15) is 24.1 Å². The highest BCUT2D eigenvalue weighted by Crippen LogP contribution is 2.28. The predicted molar refractivity (Wildman–Crippen MR) is 84.2 cm³/mol. The number of benzene rings is 1. The summed E-state index contributed by atoms with van der Waals surface area (Å²) < 4.78 is 0. The van der Waals surface area contributed by atoms with Gasteiger partial charge in [0.2, 0.25) is 0 Å². The van der Waals surface area contributed by atoms with E-state index in [-0.39, 0.29) is 0 Å². The molecule has 1 aromatic carbocycles. The lowest BCUT2D eigenvalue weighted by molar-refractivity contribution is 0.162. The fourth-order valence-corrected chi connectivity index (χ4v) is 3.09. The summed E-state index contributed by atoms with van der Waals surface area (Å²) in [6.45, 7) is 11.7. The van der Waals surface area contributed by atoms with Crippen molar-refractivity contribution < 1.29 is 0 Å². The van der Waals surface area contributed by atoms with E-state index in [1.54, 1.807) is 0 Å². The molecule has 0 amide bonds. The number of allylic oxidation sites excluding steroid dienone is 3. The maximum atomic E-state index is 4.04. The van der Waals surface area contributed by atoms with Crippen molar-refractivity contribution in [1.29, 1.82) is 0 Å². The summed E-state index contributed by atoms with van der Waals surface area (Å²) in [5.74, 6) is 0. The van der Waals surface area contributed by atoms with Crippen LogP contribution in [0.25, 0.3) is 0 Å². The number of hydrogen-bond acceptors (Lipinski definition) is 2. The Balaban J connectivity index is 1.79. The van der Waals surface area contributed by atoms with Gasteiger partial charge in [0.15, 0.2) is 0 Å². The number of aryl methyl sites for hydroxylation is 1. The molecule has 2 heteroatoms. The monoisotopic (exact) mass is 266 g/mol. The van der Waals surface area contributed by atoms with E-state index in [1.807, 2.05) is 0 Å². The van der Waals surface area contributed by atoms with Crippen LogP contribution in [0.2, 0.25) is 0 Å². The Bertz CT molecular complexity index is 583. The predicted octanol–water partition coefficient (Wildman–Crippen LogP) is 3.64. The van der Waals surface area contributed by atoms with Crippen molar-refractivity contribution in [1.82, 2.24) is 9.80 Å². The molecule has 0 radical (unpaired) electrons. The summed E-state index contributed by atoms with van der Waals surface area (Å²) in [7, 11) is 0. The highest BCUT2D eigenvalue weighted by Gasteiger charge is 2.25. The van der Waals surface area contributed by atoms with Gasteiger partial charge in [-0.1, -0.05) is 30.8 Å². The molecule has 0 aromatic heterocycles. The van der Waals surface area contributed by atoms with Gasteiger partial charge in [-0.25, -0.2) is 0 Å². The molecule has 2 aliphatic heterocycles. The third kappa shape index (κ3) is 2.44. The summed E-state index contributed by atoms with van der Waals surface area (Å²) in [6, 6.07) is 9.16. The average molecular weight is 266 g/mol. The number of fused-ring (bicyclic) bond motifs is 1. The summed E-state index contributed by atoms with van der Waals surface area (Å²) in [6.07, 6.45) is 6.45. The van der Waals surface area contributed by atoms with Gasteiger partial charge >= 0.3 is 0 Å². The molecule has 0 saturated carbocycles. The number of nitrogens with zero attached hydrogens (tertiary/aromatic N) is 2. The van der Waals surface area contributed by atoms with E-state index >= 15 is 0 Å². The molecule has 104 valence electrons. The van der Waals surface area contributed by atoms with Gasteiger partial charge in [0.25, 0.3) is 0 Å². The van der Waals surface area contributed by atoms with Crippen LogP contribution in [0.5, 0.6) is 0 Å². The topological polar surface area (TPSA) is 6.48 Å². The molecule has 3 rings (SSSR count). The molecule has 1 aromatic rings. The van der Waals surface area contributed by atoms with Gasteiger partial charge in [0.1, 0.15) is 0 Å². The fraction of sp³-hybridized carbons (Fsp3) is 0.333. The lowest BCUT2D eigenvalue weighted by Crippen LogP contribution is -2.44. The summed E-state index contributed by atoms with van der Waals surface area (Å²) in [5.41, 5.74) is 5.28. The van der Waals surface area contributed by atoms with Crippen molar-refractivity contribution in [3.8, 4) is 0 Å². The van der Waals surface area contributed by atoms with Crippen molar-refractivity contribution in [2.75, 3.05) is 19.6 Å². The van der Waals surface area contributed by atoms with Crippen LogP contribution in [0, 0.1) is 6.92 Å². The molecule has 0 spiro atoms. The van der Waals surface area contributed by atoms with E-state index < -0.39 is 0 Å². The Morgan fingerprint density at radius 3 is 2.80 bits per heavy atom. The zero-order valence-corrected chi connectivity index (χ0v) is 12.3. The normalized spacial score (nSPS) is 20.6. The molecular formula is C18H22N2. The van der Waals surface area contributed by atoms with E-state index in [0.717, 1.165) is 25.2 Å². The quantitative estimate of drug-likeness (QED) is 0.806. The maximum Gasteiger partial charge on any atom is 0.0394 e. The molecule has 0 aliphatic carbocycles. The van der Waals surface area contributed by atoms with Crippen LogP contribution in [0.15, 0.2) is 60.5 Å². The van der Waals surface area contributed by atoms with Gasteiger partial charge < -0.3 is 4.90 Å². The van der Waals surface area contributed by atoms with Crippen LogP contribution < -0.4 is 0 Å². The first-order valence-electron chi connectivity index (χ1n) is 7.29. The Morgan fingerprint density at radius 2 is 2.00 bits per heavy atom. The van der Waals surface area contributed by atoms with Gasteiger partial charge in [-0.05, 0) is 42.7 Å². The second kappa shape index (κ2) is 5.29. The molecule has 2 heterocycles. The highest BCUT2D eigenvalue weighted by molar-refractivity contribution is 5.36. The van der Waals surface area contributed by atoms with Crippen LogP contribution in [-0.4, -0.2) is 29.4 Å². The standard InChI is InChI=1S/C18H22N2/c1-14-8-9-19-10-11-20(13-17(19)12-14)16(3)18-7-5-4-6-15(18)2/h4-9,12,16H,1,10-11,13H2,2-3H3. The smallest absolute Gasteiger partial charge is 0.0394 e. The molecule has 2 nitrogen and oxygen atoms in total. The van der Waals surface area contributed by atoms with Gasteiger partial charge in [0.05, 0.1) is 0 Å². The third-order valence-electron chi connectivity index (χ3n) is 4.37. The maximum absolute atomic E-state index is 4.04. The fourth-order valence-electron chi connectivity index (χ4n) is 3.09. The zero-order valence-electron chi connectivity index (χ0n) is 12.3. The molecule has 0 bridgehead atoms. The molecule has 20 heavy (non-hydrogen) atoms. The third-order valence-corrected chi connectivity index (χ3v) is 4.37. The van der Waals surface area contributed by atoms with Crippen molar-refractivity contribution in [2.45, 2.75) is 19.9 Å². The van der Waals surface area contributed by atoms with E-state index in [1.165, 1.54) is 16.8 Å². The van der Waals surface area contributed by atoms with Crippen molar-refractivity contribution >= 4 is 0 Å². The van der Waals surface area contributed by atoms with E-state index in [0.29, 0.717) is 6.04 Å². The van der Waals surface area contributed by atoms with Crippen molar-refractivity contribution in [2.24, 2.45) is 0 Å². The minimum Gasteiger partial charge on any atom is -0.349 e. The van der Waals surface area contributed by atoms with Crippen molar-refractivity contribution in [3.63, 3.8) is 0 Å². The largest absolute Gasteiger partial charge is 0.349 e. The first-order chi connectivity index (χ1) is 9.65. The molecule has 0 N–H and O–H groups in total. The second-order valence-corrected chi connectivity index (χ2v) is 5.72. The van der Waals surface area contributed by atoms with E-state index in [4.69, 9.17) is 0 Å². The zero-order chi connectivity index (χ0) is 14.1. The Kier molecular flexibility index (Phi) is 3.49. The molecule has 1 saturated heterocycles. The van der Waals surface area contributed by atoms with Crippen molar-refractivity contribution in [3.05, 3.63) is 71.6 Å². The molecular weight excluding hydrogens is 244 g/mol. The van der Waals surface area contributed by atoms with Gasteiger partial charge in [-0.2, -0.15) is 0 Å². The number of hydrogen-bond donors (Lipinski definition) is 0.